The van der Waals surface area contributed by atoms with Crippen molar-refractivity contribution in [3.05, 3.63) is 75.9 Å². The van der Waals surface area contributed by atoms with Gasteiger partial charge in [0, 0.05) is 10.4 Å². The third kappa shape index (κ3) is 4.08. The van der Waals surface area contributed by atoms with Crippen LogP contribution in [0.4, 0.5) is 0 Å². The quantitative estimate of drug-likeness (QED) is 0.537. The number of hydrogen-bond donors (Lipinski definition) is 0. The molecule has 0 unspecified atom stereocenters. The second-order valence-electron chi connectivity index (χ2n) is 7.18. The number of Topliss-reactive ketones (excluding diaryl/α,β-unsaturated/α-hetero) is 1. The lowest BCUT2D eigenvalue weighted by Crippen LogP contribution is -2.17. The lowest BCUT2D eigenvalue weighted by Gasteiger charge is -2.22. The number of halogens is 1. The van der Waals surface area contributed by atoms with Gasteiger partial charge in [-0.05, 0) is 67.2 Å². The van der Waals surface area contributed by atoms with Gasteiger partial charge in [-0.1, -0.05) is 41.9 Å². The van der Waals surface area contributed by atoms with Crippen LogP contribution < -0.4 is 0 Å². The fourth-order valence-electron chi connectivity index (χ4n) is 3.71. The lowest BCUT2D eigenvalue weighted by molar-refractivity contribution is -0.120. The number of esters is 1. The highest BCUT2D eigenvalue weighted by Gasteiger charge is 2.26. The summed E-state index contributed by atoms with van der Waals surface area (Å²) in [6.07, 6.45) is 4.64. The number of nitrogens with zero attached hydrogens (tertiary/aromatic N) is 1. The van der Waals surface area contributed by atoms with E-state index in [9.17, 15) is 9.59 Å². The van der Waals surface area contributed by atoms with Gasteiger partial charge in [0.05, 0.1) is 16.8 Å². The number of carbonyl (C=O) groups is 2. The Morgan fingerprint density at radius 2 is 1.86 bits per heavy atom. The average molecular weight is 406 g/mol. The molecule has 0 fully saturated rings. The third-order valence-electron chi connectivity index (χ3n) is 4.99. The fourth-order valence-corrected chi connectivity index (χ4v) is 3.83. The minimum Gasteiger partial charge on any atom is -0.454 e. The van der Waals surface area contributed by atoms with Gasteiger partial charge in [-0.3, -0.25) is 4.79 Å². The third-order valence-corrected chi connectivity index (χ3v) is 5.24. The molecule has 1 heterocycles. The van der Waals surface area contributed by atoms with Gasteiger partial charge in [0.1, 0.15) is 6.61 Å². The Labute approximate surface area is 174 Å². The first-order valence-corrected chi connectivity index (χ1v) is 9.95. The van der Waals surface area contributed by atoms with Crippen molar-refractivity contribution in [2.24, 2.45) is 0 Å². The van der Waals surface area contributed by atoms with Crippen molar-refractivity contribution in [2.45, 2.75) is 26.2 Å². The number of rotatable bonds is 4. The normalized spacial score (nSPS) is 14.6. The Hall–Kier alpha value is -2.98. The van der Waals surface area contributed by atoms with Crippen molar-refractivity contribution in [1.82, 2.24) is 4.98 Å². The molecule has 0 bridgehead atoms. The van der Waals surface area contributed by atoms with Crippen molar-refractivity contribution in [2.75, 3.05) is 6.61 Å². The zero-order valence-corrected chi connectivity index (χ0v) is 16.8. The van der Waals surface area contributed by atoms with Crippen LogP contribution in [0.2, 0.25) is 5.02 Å². The van der Waals surface area contributed by atoms with Crippen molar-refractivity contribution in [3.63, 3.8) is 0 Å². The fraction of sp³-hybridized carbons (Fsp3) is 0.208. The molecule has 0 saturated heterocycles. The minimum absolute atomic E-state index is 0.186. The largest absolute Gasteiger partial charge is 0.454 e. The Bertz CT molecular complexity index is 1130. The van der Waals surface area contributed by atoms with Crippen molar-refractivity contribution >= 4 is 45.9 Å². The van der Waals surface area contributed by atoms with Gasteiger partial charge in [0.15, 0.2) is 5.78 Å². The molecule has 4 nitrogen and oxygen atoms in total. The molecule has 3 aromatic rings. The predicted octanol–water partition coefficient (Wildman–Crippen LogP) is 5.51. The van der Waals surface area contributed by atoms with Gasteiger partial charge in [-0.2, -0.15) is 0 Å². The van der Waals surface area contributed by atoms with Crippen LogP contribution in [-0.2, 0) is 16.0 Å². The van der Waals surface area contributed by atoms with E-state index in [2.05, 4.69) is 6.08 Å². The number of ketones is 1. The van der Waals surface area contributed by atoms with Crippen LogP contribution >= 0.6 is 11.6 Å². The Balaban J connectivity index is 1.87. The van der Waals surface area contributed by atoms with E-state index in [1.54, 1.807) is 0 Å². The molecule has 0 radical (unpaired) electrons. The van der Waals surface area contributed by atoms with Crippen LogP contribution in [0.15, 0.2) is 48.5 Å². The monoisotopic (exact) mass is 405 g/mol. The molecular weight excluding hydrogens is 386 g/mol. The molecule has 2 aromatic carbocycles. The number of ether oxygens (including phenoxy) is 1. The van der Waals surface area contributed by atoms with E-state index in [4.69, 9.17) is 21.3 Å². The zero-order chi connectivity index (χ0) is 20.4. The Morgan fingerprint density at radius 3 is 2.62 bits per heavy atom. The molecule has 1 aliphatic rings. The molecule has 0 spiro atoms. The number of carbonyl (C=O) groups excluding carboxylic acids is 2. The molecule has 146 valence electrons. The highest BCUT2D eigenvalue weighted by Crippen LogP contribution is 2.36. The Kier molecular flexibility index (Phi) is 5.45. The summed E-state index contributed by atoms with van der Waals surface area (Å²) in [7, 11) is 0. The first-order chi connectivity index (χ1) is 14.0. The number of para-hydroxylation sites is 1. The second-order valence-corrected chi connectivity index (χ2v) is 7.62. The number of aromatic nitrogens is 1. The number of allylic oxidation sites excluding steroid dienone is 1. The molecule has 4 rings (SSSR count). The van der Waals surface area contributed by atoms with E-state index in [1.165, 1.54) is 6.92 Å². The van der Waals surface area contributed by atoms with Crippen LogP contribution in [0.25, 0.3) is 22.6 Å². The number of fused-ring (bicyclic) bond motifs is 2. The summed E-state index contributed by atoms with van der Waals surface area (Å²) < 4.78 is 5.28. The van der Waals surface area contributed by atoms with E-state index in [1.807, 2.05) is 48.5 Å². The minimum atomic E-state index is -0.470. The van der Waals surface area contributed by atoms with Crippen molar-refractivity contribution in [1.29, 1.82) is 0 Å². The van der Waals surface area contributed by atoms with Crippen LogP contribution in [-0.4, -0.2) is 23.3 Å². The van der Waals surface area contributed by atoms with Crippen LogP contribution in [0.5, 0.6) is 0 Å². The molecule has 29 heavy (non-hydrogen) atoms. The van der Waals surface area contributed by atoms with E-state index < -0.39 is 5.97 Å². The maximum Gasteiger partial charge on any atom is 0.339 e. The summed E-state index contributed by atoms with van der Waals surface area (Å²) in [6.45, 7) is 1.18. The second kappa shape index (κ2) is 8.18. The average Bonchev–Trinajstić information content (AvgIpc) is 2.72. The molecular formula is C24H20ClNO3. The SMILES string of the molecule is CC(=O)COC(=O)c1c2c(nc3ccccc13)/C(=C/c1ccc(Cl)cc1)CCC2. The van der Waals surface area contributed by atoms with Gasteiger partial charge in [-0.25, -0.2) is 9.78 Å². The van der Waals surface area contributed by atoms with Gasteiger partial charge in [0.25, 0.3) is 0 Å². The molecule has 0 aliphatic heterocycles. The van der Waals surface area contributed by atoms with E-state index >= 15 is 0 Å². The molecule has 1 aliphatic carbocycles. The van der Waals surface area contributed by atoms with Gasteiger partial charge in [-0.15, -0.1) is 0 Å². The Morgan fingerprint density at radius 1 is 1.10 bits per heavy atom. The van der Waals surface area contributed by atoms with E-state index in [0.717, 1.165) is 52.6 Å². The standard InChI is InChI=1S/C24H20ClNO3/c1-15(27)14-29-24(28)22-19-6-2-3-8-21(19)26-23-17(5-4-7-20(22)23)13-16-9-11-18(25)12-10-16/h2-3,6,8-13H,4-5,7,14H2,1H3/b17-13+. The molecule has 0 saturated carbocycles. The molecule has 5 heteroatoms. The molecule has 0 atom stereocenters. The van der Waals surface area contributed by atoms with Gasteiger partial charge >= 0.3 is 5.97 Å². The van der Waals surface area contributed by atoms with Crippen LogP contribution in [0, 0.1) is 0 Å². The number of hydrogen-bond acceptors (Lipinski definition) is 4. The van der Waals surface area contributed by atoms with E-state index in [0.29, 0.717) is 10.6 Å². The molecule has 1 aromatic heterocycles. The first kappa shape index (κ1) is 19.3. The summed E-state index contributed by atoms with van der Waals surface area (Å²) in [5.74, 6) is -0.656. The van der Waals surface area contributed by atoms with Gasteiger partial charge in [0.2, 0.25) is 0 Å². The van der Waals surface area contributed by atoms with Crippen molar-refractivity contribution in [3.8, 4) is 0 Å². The zero-order valence-electron chi connectivity index (χ0n) is 16.1. The van der Waals surface area contributed by atoms with Crippen molar-refractivity contribution < 1.29 is 14.3 Å². The number of pyridine rings is 1. The summed E-state index contributed by atoms with van der Waals surface area (Å²) in [4.78, 5) is 29.1. The topological polar surface area (TPSA) is 56.3 Å². The summed E-state index contributed by atoms with van der Waals surface area (Å²) in [6, 6.07) is 15.2. The highest BCUT2D eigenvalue weighted by molar-refractivity contribution is 6.30. The lowest BCUT2D eigenvalue weighted by atomic mass is 9.86. The van der Waals surface area contributed by atoms with Crippen LogP contribution in [0.3, 0.4) is 0 Å². The number of benzene rings is 2. The smallest absolute Gasteiger partial charge is 0.339 e. The summed E-state index contributed by atoms with van der Waals surface area (Å²) >= 11 is 6.00. The van der Waals surface area contributed by atoms with Crippen LogP contribution in [0.1, 0.15) is 46.9 Å². The van der Waals surface area contributed by atoms with Gasteiger partial charge < -0.3 is 4.74 Å². The highest BCUT2D eigenvalue weighted by atomic mass is 35.5. The summed E-state index contributed by atoms with van der Waals surface area (Å²) in [5, 5.41) is 1.45. The van der Waals surface area contributed by atoms with E-state index in [-0.39, 0.29) is 12.4 Å². The molecule has 0 N–H and O–H groups in total. The molecule has 0 amide bonds. The predicted molar refractivity (Wildman–Crippen MR) is 115 cm³/mol. The maximum atomic E-state index is 12.9. The maximum absolute atomic E-state index is 12.9. The summed E-state index contributed by atoms with van der Waals surface area (Å²) in [5.41, 5.74) is 5.11. The first-order valence-electron chi connectivity index (χ1n) is 9.57.